The Labute approximate surface area is 205 Å². The Morgan fingerprint density at radius 2 is 1.86 bits per heavy atom. The third kappa shape index (κ3) is 4.00. The van der Waals surface area contributed by atoms with Crippen molar-refractivity contribution in [1.82, 2.24) is 9.66 Å². The van der Waals surface area contributed by atoms with Gasteiger partial charge in [0.1, 0.15) is 21.6 Å². The average molecular weight is 486 g/mol. The van der Waals surface area contributed by atoms with E-state index in [1.807, 2.05) is 66.7 Å². The lowest BCUT2D eigenvalue weighted by Gasteiger charge is -2.27. The molecule has 176 valence electrons. The summed E-state index contributed by atoms with van der Waals surface area (Å²) in [6.45, 7) is 3.69. The summed E-state index contributed by atoms with van der Waals surface area (Å²) in [5.74, 6) is -0.468. The maximum absolute atomic E-state index is 13.3. The van der Waals surface area contributed by atoms with E-state index in [4.69, 9.17) is 4.74 Å². The van der Waals surface area contributed by atoms with Crippen LogP contribution in [0.15, 0.2) is 83.0 Å². The topological polar surface area (TPSA) is 93.8 Å². The summed E-state index contributed by atoms with van der Waals surface area (Å²) in [7, 11) is 0. The lowest BCUT2D eigenvalue weighted by atomic mass is 9.84. The Morgan fingerprint density at radius 3 is 2.54 bits per heavy atom. The fourth-order valence-corrected chi connectivity index (χ4v) is 5.42. The molecule has 1 N–H and O–H groups in total. The largest absolute Gasteiger partial charge is 0.462 e. The molecule has 1 aliphatic carbocycles. The number of nitrogens with zero attached hydrogens (tertiary/aromatic N) is 3. The first kappa shape index (κ1) is 22.9. The lowest BCUT2D eigenvalue weighted by Crippen LogP contribution is -2.26. The first-order valence-corrected chi connectivity index (χ1v) is 12.0. The predicted molar refractivity (Wildman–Crippen MR) is 137 cm³/mol. The zero-order valence-corrected chi connectivity index (χ0v) is 20.1. The van der Waals surface area contributed by atoms with E-state index in [1.165, 1.54) is 11.0 Å². The molecule has 0 spiro atoms. The molecule has 2 heterocycles. The smallest absolute Gasteiger partial charge is 0.348 e. The van der Waals surface area contributed by atoms with Crippen LogP contribution in [0.1, 0.15) is 39.7 Å². The first-order valence-electron chi connectivity index (χ1n) is 11.2. The maximum Gasteiger partial charge on any atom is 0.348 e. The molecule has 0 saturated carbocycles. The molecule has 0 amide bonds. The van der Waals surface area contributed by atoms with Crippen molar-refractivity contribution in [3.63, 3.8) is 0 Å². The number of aryl methyl sites for hydroxylation is 1. The highest BCUT2D eigenvalue weighted by molar-refractivity contribution is 7.20. The van der Waals surface area contributed by atoms with E-state index >= 15 is 0 Å². The molecule has 0 bridgehead atoms. The normalized spacial score (nSPS) is 18.7. The van der Waals surface area contributed by atoms with Gasteiger partial charge >= 0.3 is 5.97 Å². The number of esters is 1. The Hall–Kier alpha value is -3.88. The first-order chi connectivity index (χ1) is 16.9. The van der Waals surface area contributed by atoms with E-state index in [-0.39, 0.29) is 18.6 Å². The summed E-state index contributed by atoms with van der Waals surface area (Å²) in [6, 6.07) is 19.1. The van der Waals surface area contributed by atoms with Gasteiger partial charge in [0, 0.05) is 6.42 Å². The van der Waals surface area contributed by atoms with Crippen LogP contribution in [0, 0.1) is 6.92 Å². The zero-order chi connectivity index (χ0) is 24.6. The summed E-state index contributed by atoms with van der Waals surface area (Å²) in [4.78, 5) is 30.8. The van der Waals surface area contributed by atoms with Crippen LogP contribution in [0.3, 0.4) is 0 Å². The van der Waals surface area contributed by atoms with E-state index in [0.717, 1.165) is 22.5 Å². The average Bonchev–Trinajstić information content (AvgIpc) is 3.40. The van der Waals surface area contributed by atoms with E-state index in [9.17, 15) is 14.7 Å². The fourth-order valence-electron chi connectivity index (χ4n) is 4.39. The number of fused-ring (bicyclic) bond motifs is 1. The summed E-state index contributed by atoms with van der Waals surface area (Å²) >= 11 is 1.13. The van der Waals surface area contributed by atoms with E-state index in [1.54, 1.807) is 13.8 Å². The van der Waals surface area contributed by atoms with Crippen LogP contribution >= 0.6 is 11.3 Å². The molecule has 35 heavy (non-hydrogen) atoms. The van der Waals surface area contributed by atoms with E-state index in [2.05, 4.69) is 10.1 Å². The van der Waals surface area contributed by atoms with Crippen molar-refractivity contribution in [3.8, 4) is 0 Å². The van der Waals surface area contributed by atoms with Crippen molar-refractivity contribution >= 4 is 38.8 Å². The van der Waals surface area contributed by atoms with Crippen LogP contribution in [0.25, 0.3) is 15.8 Å². The quantitative estimate of drug-likeness (QED) is 0.420. The minimum Gasteiger partial charge on any atom is -0.462 e. The number of ether oxygens (including phenoxy) is 1. The van der Waals surface area contributed by atoms with Gasteiger partial charge in [0.25, 0.3) is 5.56 Å². The van der Waals surface area contributed by atoms with Gasteiger partial charge < -0.3 is 9.84 Å². The molecule has 1 atom stereocenters. The minimum absolute atomic E-state index is 0.197. The molecule has 4 aromatic rings. The fraction of sp³-hybridized carbons (Fsp3) is 0.185. The van der Waals surface area contributed by atoms with Crippen molar-refractivity contribution in [1.29, 1.82) is 0 Å². The second kappa shape index (κ2) is 9.05. The SMILES string of the molecule is CCOC(=O)c1sc2ncn(/N=C3/C=C(c4ccccc4)C(O)(c4ccccc4)C3)c(=O)c2c1C. The number of carbonyl (C=O) groups excluding carboxylic acids is 1. The molecular weight excluding hydrogens is 462 g/mol. The zero-order valence-electron chi connectivity index (χ0n) is 19.3. The van der Waals surface area contributed by atoms with Crippen LogP contribution in [-0.2, 0) is 10.3 Å². The molecule has 2 aromatic heterocycles. The Balaban J connectivity index is 1.61. The van der Waals surface area contributed by atoms with Crippen molar-refractivity contribution in [2.45, 2.75) is 25.9 Å². The molecule has 1 unspecified atom stereocenters. The number of rotatable bonds is 5. The monoisotopic (exact) mass is 485 g/mol. The highest BCUT2D eigenvalue weighted by Crippen LogP contribution is 2.44. The molecule has 8 heteroatoms. The predicted octanol–water partition coefficient (Wildman–Crippen LogP) is 4.52. The number of aromatic nitrogens is 2. The Bertz CT molecular complexity index is 1540. The lowest BCUT2D eigenvalue weighted by molar-refractivity contribution is 0.0531. The molecule has 0 radical (unpaired) electrons. The number of thiophene rings is 1. The molecular formula is C27H23N3O4S. The van der Waals surface area contributed by atoms with Gasteiger partial charge in [0.15, 0.2) is 0 Å². The van der Waals surface area contributed by atoms with Crippen LogP contribution in [0.5, 0.6) is 0 Å². The highest BCUT2D eigenvalue weighted by atomic mass is 32.1. The molecule has 7 nitrogen and oxygen atoms in total. The van der Waals surface area contributed by atoms with Crippen LogP contribution in [-0.4, -0.2) is 33.1 Å². The second-order valence-corrected chi connectivity index (χ2v) is 9.27. The van der Waals surface area contributed by atoms with Crippen LogP contribution in [0.4, 0.5) is 0 Å². The van der Waals surface area contributed by atoms with E-state index in [0.29, 0.717) is 31.9 Å². The molecule has 5 rings (SSSR count). The van der Waals surface area contributed by atoms with Crippen molar-refractivity contribution in [3.05, 3.63) is 105 Å². The molecule has 2 aromatic carbocycles. The highest BCUT2D eigenvalue weighted by Gasteiger charge is 2.40. The molecule has 0 fully saturated rings. The molecule has 0 saturated heterocycles. The van der Waals surface area contributed by atoms with Gasteiger partial charge in [-0.15, -0.1) is 11.3 Å². The van der Waals surface area contributed by atoms with Crippen LogP contribution < -0.4 is 5.56 Å². The Morgan fingerprint density at radius 1 is 1.17 bits per heavy atom. The summed E-state index contributed by atoms with van der Waals surface area (Å²) in [6.07, 6.45) is 3.37. The third-order valence-corrected chi connectivity index (χ3v) is 7.24. The van der Waals surface area contributed by atoms with Gasteiger partial charge in [-0.1, -0.05) is 60.7 Å². The number of allylic oxidation sites excluding steroid dienone is 1. The second-order valence-electron chi connectivity index (χ2n) is 8.27. The van der Waals surface area contributed by atoms with Crippen molar-refractivity contribution < 1.29 is 14.6 Å². The molecule has 1 aliphatic rings. The van der Waals surface area contributed by atoms with Gasteiger partial charge in [-0.05, 0) is 42.2 Å². The van der Waals surface area contributed by atoms with Crippen molar-refractivity contribution in [2.75, 3.05) is 6.61 Å². The van der Waals surface area contributed by atoms with Gasteiger partial charge in [0.05, 0.1) is 17.7 Å². The van der Waals surface area contributed by atoms with Crippen LogP contribution in [0.2, 0.25) is 0 Å². The number of hydrogen-bond donors (Lipinski definition) is 1. The standard InChI is InChI=1S/C27H23N3O4S/c1-3-34-26(32)23-17(2)22-24(35-23)28-16-30(25(22)31)29-20-14-21(18-10-6-4-7-11-18)27(33,15-20)19-12-8-5-9-13-19/h4-14,16,33H,3,15H2,1-2H3/b29-20-. The molecule has 0 aliphatic heterocycles. The van der Waals surface area contributed by atoms with Gasteiger partial charge in [-0.2, -0.15) is 9.78 Å². The third-order valence-electron chi connectivity index (χ3n) is 6.06. The van der Waals surface area contributed by atoms with E-state index < -0.39 is 11.6 Å². The maximum atomic E-state index is 13.3. The Kier molecular flexibility index (Phi) is 5.92. The van der Waals surface area contributed by atoms with Gasteiger partial charge in [-0.25, -0.2) is 9.78 Å². The number of aliphatic hydroxyl groups is 1. The summed E-state index contributed by atoms with van der Waals surface area (Å²) < 4.78 is 6.28. The number of benzene rings is 2. The van der Waals surface area contributed by atoms with Gasteiger partial charge in [-0.3, -0.25) is 4.79 Å². The number of hydrogen-bond acceptors (Lipinski definition) is 7. The van der Waals surface area contributed by atoms with Crippen molar-refractivity contribution in [2.24, 2.45) is 5.10 Å². The number of carbonyl (C=O) groups is 1. The minimum atomic E-state index is -1.29. The summed E-state index contributed by atoms with van der Waals surface area (Å²) in [5, 5.41) is 16.7. The van der Waals surface area contributed by atoms with Gasteiger partial charge in [0.2, 0.25) is 0 Å². The summed E-state index contributed by atoms with van der Waals surface area (Å²) in [5.41, 5.74) is 1.72.